The SMILES string of the molecule is Cc1ccc(C(=O)Nc2cc(C(F)(F)F)ccc2CCN(C)C)cc1-c1ccc2nc(N)ncc2c1. The molecule has 0 aliphatic carbocycles. The highest BCUT2D eigenvalue weighted by Gasteiger charge is 2.31. The molecule has 9 heteroatoms. The van der Waals surface area contributed by atoms with Crippen molar-refractivity contribution in [3.05, 3.63) is 83.0 Å². The number of nitrogens with one attached hydrogen (secondary N) is 1. The van der Waals surface area contributed by atoms with Crippen LogP contribution in [0.25, 0.3) is 22.0 Å². The average Bonchev–Trinajstić information content (AvgIpc) is 2.82. The Bertz CT molecular complexity index is 1430. The van der Waals surface area contributed by atoms with Gasteiger partial charge in [0.05, 0.1) is 11.1 Å². The number of benzene rings is 3. The Morgan fingerprint density at radius 3 is 2.56 bits per heavy atom. The van der Waals surface area contributed by atoms with Gasteiger partial charge in [-0.2, -0.15) is 13.2 Å². The molecule has 3 N–H and O–H groups in total. The molecular formula is C27H26F3N5O. The normalized spacial score (nSPS) is 11.8. The molecule has 1 aromatic heterocycles. The second kappa shape index (κ2) is 9.94. The molecule has 0 unspecified atom stereocenters. The summed E-state index contributed by atoms with van der Waals surface area (Å²) in [6.45, 7) is 2.55. The lowest BCUT2D eigenvalue weighted by molar-refractivity contribution is -0.137. The van der Waals surface area contributed by atoms with Gasteiger partial charge in [0.2, 0.25) is 5.95 Å². The molecule has 4 aromatic rings. The first-order valence-corrected chi connectivity index (χ1v) is 11.3. The number of aromatic nitrogens is 2. The van der Waals surface area contributed by atoms with Crippen molar-refractivity contribution in [3.8, 4) is 11.1 Å². The van der Waals surface area contributed by atoms with Crippen LogP contribution in [0, 0.1) is 6.92 Å². The van der Waals surface area contributed by atoms with E-state index in [1.54, 1.807) is 18.3 Å². The minimum absolute atomic E-state index is 0.152. The number of nitrogens with two attached hydrogens (primary N) is 1. The number of likely N-dealkylation sites (N-methyl/N-ethyl adjacent to an activating group) is 1. The Morgan fingerprint density at radius 1 is 1.06 bits per heavy atom. The van der Waals surface area contributed by atoms with Gasteiger partial charge in [0, 0.05) is 29.4 Å². The number of nitrogens with zero attached hydrogens (tertiary/aromatic N) is 3. The van der Waals surface area contributed by atoms with Gasteiger partial charge < -0.3 is 16.0 Å². The van der Waals surface area contributed by atoms with Gasteiger partial charge in [-0.25, -0.2) is 9.97 Å². The number of halogens is 3. The summed E-state index contributed by atoms with van der Waals surface area (Å²) in [5.41, 5.74) is 9.28. The highest BCUT2D eigenvalue weighted by molar-refractivity contribution is 6.05. The average molecular weight is 494 g/mol. The van der Waals surface area contributed by atoms with E-state index < -0.39 is 17.6 Å². The highest BCUT2D eigenvalue weighted by atomic mass is 19.4. The maximum atomic E-state index is 13.4. The summed E-state index contributed by atoms with van der Waals surface area (Å²) in [6.07, 6.45) is -2.39. The highest BCUT2D eigenvalue weighted by Crippen LogP contribution is 2.33. The molecular weight excluding hydrogens is 467 g/mol. The second-order valence-electron chi connectivity index (χ2n) is 8.91. The van der Waals surface area contributed by atoms with Crippen molar-refractivity contribution in [3.63, 3.8) is 0 Å². The van der Waals surface area contributed by atoms with Gasteiger partial charge in [0.1, 0.15) is 0 Å². The molecule has 4 rings (SSSR count). The van der Waals surface area contributed by atoms with Crippen molar-refractivity contribution in [2.75, 3.05) is 31.7 Å². The number of rotatable bonds is 6. The molecule has 0 aliphatic heterocycles. The lowest BCUT2D eigenvalue weighted by Crippen LogP contribution is -2.18. The maximum Gasteiger partial charge on any atom is 0.416 e. The number of fused-ring (bicyclic) bond motifs is 1. The molecule has 0 saturated heterocycles. The summed E-state index contributed by atoms with van der Waals surface area (Å²) in [5, 5.41) is 3.50. The molecule has 0 fully saturated rings. The topological polar surface area (TPSA) is 84.1 Å². The number of anilines is 2. The van der Waals surface area contributed by atoms with Gasteiger partial charge in [-0.05, 0) is 86.1 Å². The van der Waals surface area contributed by atoms with Crippen molar-refractivity contribution >= 4 is 28.4 Å². The summed E-state index contributed by atoms with van der Waals surface area (Å²) in [6, 6.07) is 14.3. The maximum absolute atomic E-state index is 13.4. The van der Waals surface area contributed by atoms with E-state index in [1.165, 1.54) is 6.07 Å². The first kappa shape index (κ1) is 25.1. The Labute approximate surface area is 207 Å². The van der Waals surface area contributed by atoms with E-state index in [2.05, 4.69) is 15.3 Å². The minimum atomic E-state index is -4.51. The van der Waals surface area contributed by atoms with Crippen LogP contribution in [0.15, 0.2) is 60.8 Å². The number of nitrogen functional groups attached to an aromatic ring is 1. The second-order valence-corrected chi connectivity index (χ2v) is 8.91. The molecule has 0 spiro atoms. The van der Waals surface area contributed by atoms with Gasteiger partial charge in [-0.15, -0.1) is 0 Å². The first-order valence-electron chi connectivity index (χ1n) is 11.3. The van der Waals surface area contributed by atoms with Gasteiger partial charge >= 0.3 is 6.18 Å². The number of carbonyl (C=O) groups excluding carboxylic acids is 1. The van der Waals surface area contributed by atoms with E-state index in [9.17, 15) is 18.0 Å². The zero-order valence-corrected chi connectivity index (χ0v) is 20.1. The zero-order valence-electron chi connectivity index (χ0n) is 20.1. The van der Waals surface area contributed by atoms with Crippen molar-refractivity contribution in [2.24, 2.45) is 0 Å². The molecule has 6 nitrogen and oxygen atoms in total. The minimum Gasteiger partial charge on any atom is -0.368 e. The fourth-order valence-electron chi connectivity index (χ4n) is 3.92. The van der Waals surface area contributed by atoms with Crippen molar-refractivity contribution < 1.29 is 18.0 Å². The summed E-state index contributed by atoms with van der Waals surface area (Å²) in [4.78, 5) is 23.3. The Balaban J connectivity index is 1.67. The number of hydrogen-bond acceptors (Lipinski definition) is 5. The van der Waals surface area contributed by atoms with Crippen LogP contribution in [0.3, 0.4) is 0 Å². The van der Waals surface area contributed by atoms with Gasteiger partial charge in [0.25, 0.3) is 5.91 Å². The Morgan fingerprint density at radius 2 is 1.83 bits per heavy atom. The summed E-state index contributed by atoms with van der Waals surface area (Å²) in [7, 11) is 3.76. The van der Waals surface area contributed by atoms with E-state index in [0.717, 1.165) is 34.2 Å². The number of aryl methyl sites for hydroxylation is 1. The molecule has 36 heavy (non-hydrogen) atoms. The quantitative estimate of drug-likeness (QED) is 0.367. The standard InChI is InChI=1S/C27H26F3N5O/c1-16-4-5-19(13-22(16)18-7-9-23-20(12-18)15-32-26(31)34-23)25(36)33-24-14-21(27(28,29)30)8-6-17(24)10-11-35(2)3/h4-9,12-15H,10-11H2,1-3H3,(H,33,36)(H2,31,32,34). The van der Waals surface area contributed by atoms with E-state index >= 15 is 0 Å². The predicted molar refractivity (Wildman–Crippen MR) is 136 cm³/mol. The van der Waals surface area contributed by atoms with E-state index in [4.69, 9.17) is 5.73 Å². The van der Waals surface area contributed by atoms with Crippen LogP contribution in [0.4, 0.5) is 24.8 Å². The third-order valence-corrected chi connectivity index (χ3v) is 5.92. The van der Waals surface area contributed by atoms with Crippen LogP contribution in [0.2, 0.25) is 0 Å². The molecule has 0 atom stereocenters. The summed E-state index contributed by atoms with van der Waals surface area (Å²) >= 11 is 0. The third-order valence-electron chi connectivity index (χ3n) is 5.92. The van der Waals surface area contributed by atoms with Gasteiger partial charge in [0.15, 0.2) is 0 Å². The lowest BCUT2D eigenvalue weighted by Gasteiger charge is -2.17. The van der Waals surface area contributed by atoms with Gasteiger partial charge in [-0.1, -0.05) is 18.2 Å². The smallest absolute Gasteiger partial charge is 0.368 e. The van der Waals surface area contributed by atoms with E-state index in [0.29, 0.717) is 29.6 Å². The van der Waals surface area contributed by atoms with Crippen molar-refractivity contribution in [2.45, 2.75) is 19.5 Å². The fourth-order valence-corrected chi connectivity index (χ4v) is 3.92. The molecule has 0 bridgehead atoms. The monoisotopic (exact) mass is 493 g/mol. The van der Waals surface area contributed by atoms with Crippen molar-refractivity contribution in [1.29, 1.82) is 0 Å². The van der Waals surface area contributed by atoms with Crippen LogP contribution in [-0.4, -0.2) is 41.4 Å². The lowest BCUT2D eigenvalue weighted by atomic mass is 9.96. The largest absolute Gasteiger partial charge is 0.416 e. The van der Waals surface area contributed by atoms with E-state index in [1.807, 2.05) is 50.2 Å². The molecule has 0 aliphatic rings. The van der Waals surface area contributed by atoms with Crippen LogP contribution >= 0.6 is 0 Å². The molecule has 1 amide bonds. The summed E-state index contributed by atoms with van der Waals surface area (Å²) < 4.78 is 40.1. The number of alkyl halides is 3. The van der Waals surface area contributed by atoms with Crippen LogP contribution in [-0.2, 0) is 12.6 Å². The number of carbonyl (C=O) groups is 1. The zero-order chi connectivity index (χ0) is 26.0. The molecule has 0 saturated carbocycles. The third kappa shape index (κ3) is 5.63. The Kier molecular flexibility index (Phi) is 6.94. The van der Waals surface area contributed by atoms with Gasteiger partial charge in [-0.3, -0.25) is 4.79 Å². The van der Waals surface area contributed by atoms with Crippen LogP contribution in [0.5, 0.6) is 0 Å². The number of amides is 1. The fraction of sp³-hybridized carbons (Fsp3) is 0.222. The van der Waals surface area contributed by atoms with Crippen molar-refractivity contribution in [1.82, 2.24) is 14.9 Å². The van der Waals surface area contributed by atoms with E-state index in [-0.39, 0.29) is 11.6 Å². The summed E-state index contributed by atoms with van der Waals surface area (Å²) in [5.74, 6) is -0.303. The number of hydrogen-bond donors (Lipinski definition) is 2. The predicted octanol–water partition coefficient (Wildman–Crippen LogP) is 5.56. The molecule has 3 aromatic carbocycles. The molecule has 1 heterocycles. The molecule has 186 valence electrons. The van der Waals surface area contributed by atoms with Crippen LogP contribution in [0.1, 0.15) is 27.0 Å². The Hall–Kier alpha value is -3.98. The molecule has 0 radical (unpaired) electrons. The van der Waals surface area contributed by atoms with Crippen LogP contribution < -0.4 is 11.1 Å². The first-order chi connectivity index (χ1) is 17.0.